The molecule has 1 saturated carbocycles. The Hall–Kier alpha value is -3.74. The lowest BCUT2D eigenvalue weighted by Gasteiger charge is -2.46. The molecule has 4 aromatic carbocycles. The molecule has 37 heavy (non-hydrogen) atoms. The molecule has 1 fully saturated rings. The number of rotatable bonds is 7. The lowest BCUT2D eigenvalue weighted by atomic mass is 9.72. The maximum absolute atomic E-state index is 13.6. The molecule has 6 rings (SSSR count). The highest BCUT2D eigenvalue weighted by molar-refractivity contribution is 6.07. The quantitative estimate of drug-likeness (QED) is 0.271. The van der Waals surface area contributed by atoms with Gasteiger partial charge in [-0.3, -0.25) is 0 Å². The molecule has 0 spiro atoms. The number of hydrogen-bond donors (Lipinski definition) is 0. The maximum atomic E-state index is 13.6. The summed E-state index contributed by atoms with van der Waals surface area (Å²) in [6.07, 6.45) is 1.88. The summed E-state index contributed by atoms with van der Waals surface area (Å²) >= 11 is 0. The maximum Gasteiger partial charge on any atom is 0.338 e. The first kappa shape index (κ1) is 23.6. The molecule has 4 aromatic rings. The van der Waals surface area contributed by atoms with Gasteiger partial charge in [0, 0.05) is 32.6 Å². The van der Waals surface area contributed by atoms with Gasteiger partial charge in [0.05, 0.1) is 17.3 Å². The van der Waals surface area contributed by atoms with Crippen molar-refractivity contribution in [3.8, 4) is 16.9 Å². The third-order valence-electron chi connectivity index (χ3n) is 7.62. The molecule has 0 bridgehead atoms. The molecule has 0 amide bonds. The van der Waals surface area contributed by atoms with Crippen molar-refractivity contribution in [3.63, 3.8) is 0 Å². The second kappa shape index (κ2) is 9.29. The van der Waals surface area contributed by atoms with Crippen LogP contribution in [0.25, 0.3) is 21.9 Å². The fourth-order valence-electron chi connectivity index (χ4n) is 5.49. The number of fused-ring (bicyclic) bond motifs is 2. The average Bonchev–Trinajstić information content (AvgIpc) is 3.27. The highest BCUT2D eigenvalue weighted by Crippen LogP contribution is 2.46. The zero-order valence-electron chi connectivity index (χ0n) is 20.8. The molecule has 1 heterocycles. The molecular weight excluding hydrogens is 471 g/mol. The minimum absolute atomic E-state index is 0.208. The van der Waals surface area contributed by atoms with Crippen molar-refractivity contribution < 1.29 is 28.1 Å². The number of hydrogen-bond acceptors (Lipinski definition) is 5. The third-order valence-corrected chi connectivity index (χ3v) is 7.62. The number of esters is 1. The molecule has 188 valence electrons. The molecule has 1 aliphatic heterocycles. The first-order valence-corrected chi connectivity index (χ1v) is 12.3. The minimum Gasteiger partial charge on any atom is -0.489 e. The molecule has 0 saturated heterocycles. The normalized spacial score (nSPS) is 20.4. The molecule has 0 radical (unpaired) electrons. The van der Waals surface area contributed by atoms with Crippen LogP contribution in [0.15, 0.2) is 72.8 Å². The van der Waals surface area contributed by atoms with Crippen molar-refractivity contribution in [2.45, 2.75) is 37.8 Å². The van der Waals surface area contributed by atoms with Crippen molar-refractivity contribution in [3.05, 3.63) is 101 Å². The summed E-state index contributed by atoms with van der Waals surface area (Å²) in [6, 6.07) is 22.3. The summed E-state index contributed by atoms with van der Waals surface area (Å²) in [4.78, 5) is 12.4. The summed E-state index contributed by atoms with van der Waals surface area (Å²) in [5.74, 6) is 0.0425. The van der Waals surface area contributed by atoms with E-state index >= 15 is 0 Å². The van der Waals surface area contributed by atoms with Crippen LogP contribution in [-0.4, -0.2) is 26.3 Å². The Morgan fingerprint density at radius 1 is 1.00 bits per heavy atom. The molecule has 0 aromatic heterocycles. The van der Waals surface area contributed by atoms with Crippen LogP contribution >= 0.6 is 0 Å². The molecule has 0 atom stereocenters. The van der Waals surface area contributed by atoms with E-state index in [4.69, 9.17) is 18.9 Å². The van der Waals surface area contributed by atoms with Gasteiger partial charge in [-0.2, -0.15) is 0 Å². The number of benzene rings is 4. The van der Waals surface area contributed by atoms with Gasteiger partial charge in [0.25, 0.3) is 0 Å². The van der Waals surface area contributed by atoms with Gasteiger partial charge in [0.2, 0.25) is 0 Å². The molecule has 5 nitrogen and oxygen atoms in total. The first-order valence-electron chi connectivity index (χ1n) is 12.3. The van der Waals surface area contributed by atoms with Crippen LogP contribution < -0.4 is 4.74 Å². The zero-order valence-corrected chi connectivity index (χ0v) is 20.8. The Balaban J connectivity index is 1.29. The largest absolute Gasteiger partial charge is 0.489 e. The van der Waals surface area contributed by atoms with Crippen LogP contribution in [0.4, 0.5) is 4.39 Å². The van der Waals surface area contributed by atoms with E-state index in [0.29, 0.717) is 17.9 Å². The van der Waals surface area contributed by atoms with E-state index in [1.165, 1.54) is 12.1 Å². The van der Waals surface area contributed by atoms with Gasteiger partial charge in [0.15, 0.2) is 0 Å². The van der Waals surface area contributed by atoms with Crippen LogP contribution in [0.3, 0.4) is 0 Å². The number of halogens is 1. The number of cyclic esters (lactones) is 1. The molecular formula is C31H27FO5. The predicted octanol–water partition coefficient (Wildman–Crippen LogP) is 6.55. The van der Waals surface area contributed by atoms with Gasteiger partial charge < -0.3 is 18.9 Å². The molecule has 0 unspecified atom stereocenters. The lowest BCUT2D eigenvalue weighted by molar-refractivity contribution is -0.154. The Morgan fingerprint density at radius 3 is 2.57 bits per heavy atom. The molecule has 2 aliphatic rings. The summed E-state index contributed by atoms with van der Waals surface area (Å²) in [5, 5.41) is 1.82. The lowest BCUT2D eigenvalue weighted by Crippen LogP contribution is -2.47. The van der Waals surface area contributed by atoms with Gasteiger partial charge in [-0.05, 0) is 69.4 Å². The van der Waals surface area contributed by atoms with E-state index in [2.05, 4.69) is 12.1 Å². The van der Waals surface area contributed by atoms with Crippen molar-refractivity contribution >= 4 is 16.7 Å². The first-order chi connectivity index (χ1) is 18.0. The van der Waals surface area contributed by atoms with Gasteiger partial charge in [-0.1, -0.05) is 36.4 Å². The minimum atomic E-state index is -0.345. The van der Waals surface area contributed by atoms with E-state index in [1.54, 1.807) is 26.4 Å². The SMILES string of the molecule is CO[C@H]1C[C@](OC)(c2cccc(COc3ccc4c(-c5ccc(F)cc5)c5c(cc4c3)C(=O)OC5)c2)C1. The predicted molar refractivity (Wildman–Crippen MR) is 138 cm³/mol. The topological polar surface area (TPSA) is 54.0 Å². The van der Waals surface area contributed by atoms with Crippen LogP contribution in [-0.2, 0) is 33.0 Å². The number of carbonyl (C=O) groups excluding carboxylic acids is 1. The van der Waals surface area contributed by atoms with E-state index in [9.17, 15) is 9.18 Å². The molecule has 6 heteroatoms. The van der Waals surface area contributed by atoms with E-state index < -0.39 is 0 Å². The van der Waals surface area contributed by atoms with E-state index in [1.807, 2.05) is 36.4 Å². The van der Waals surface area contributed by atoms with Gasteiger partial charge in [-0.25, -0.2) is 9.18 Å². The van der Waals surface area contributed by atoms with Crippen molar-refractivity contribution in [2.75, 3.05) is 14.2 Å². The monoisotopic (exact) mass is 498 g/mol. The van der Waals surface area contributed by atoms with Crippen LogP contribution in [0.1, 0.15) is 39.9 Å². The van der Waals surface area contributed by atoms with Crippen LogP contribution in [0, 0.1) is 5.82 Å². The molecule has 0 N–H and O–H groups in total. The smallest absolute Gasteiger partial charge is 0.338 e. The number of ether oxygens (including phenoxy) is 4. The Kier molecular flexibility index (Phi) is 5.94. The van der Waals surface area contributed by atoms with Gasteiger partial charge >= 0.3 is 5.97 Å². The Morgan fingerprint density at radius 2 is 1.81 bits per heavy atom. The van der Waals surface area contributed by atoms with Gasteiger partial charge in [-0.15, -0.1) is 0 Å². The Labute approximate surface area is 214 Å². The second-order valence-electron chi connectivity index (χ2n) is 9.70. The zero-order chi connectivity index (χ0) is 25.6. The third kappa shape index (κ3) is 4.16. The Bertz CT molecular complexity index is 1490. The van der Waals surface area contributed by atoms with Gasteiger partial charge in [0.1, 0.15) is 24.8 Å². The van der Waals surface area contributed by atoms with Crippen LogP contribution in [0.5, 0.6) is 5.75 Å². The fraction of sp³-hybridized carbons (Fsp3) is 0.258. The van der Waals surface area contributed by atoms with Crippen molar-refractivity contribution in [2.24, 2.45) is 0 Å². The summed E-state index contributed by atoms with van der Waals surface area (Å²) < 4.78 is 36.4. The van der Waals surface area contributed by atoms with E-state index in [0.717, 1.165) is 51.4 Å². The van der Waals surface area contributed by atoms with Crippen molar-refractivity contribution in [1.82, 2.24) is 0 Å². The van der Waals surface area contributed by atoms with Crippen LogP contribution in [0.2, 0.25) is 0 Å². The van der Waals surface area contributed by atoms with E-state index in [-0.39, 0.29) is 30.1 Å². The summed E-state index contributed by atoms with van der Waals surface area (Å²) in [5.41, 5.74) is 4.94. The average molecular weight is 499 g/mol. The standard InChI is InChI=1S/C31H27FO5/c1-34-25-15-31(16-25,35-2)22-5-3-4-19(12-22)17-36-24-10-11-26-21(13-24)14-27-28(18-37-30(27)33)29(26)20-6-8-23(32)9-7-20/h3-14,25H,15-18H2,1-2H3/t25-,31+. The fourth-order valence-corrected chi connectivity index (χ4v) is 5.49. The number of methoxy groups -OCH3 is 2. The summed E-state index contributed by atoms with van der Waals surface area (Å²) in [7, 11) is 3.48. The second-order valence-corrected chi connectivity index (χ2v) is 9.70. The van der Waals surface area contributed by atoms with Crippen molar-refractivity contribution in [1.29, 1.82) is 0 Å². The number of carbonyl (C=O) groups is 1. The summed E-state index contributed by atoms with van der Waals surface area (Å²) in [6.45, 7) is 0.601. The molecule has 1 aliphatic carbocycles. The highest BCUT2D eigenvalue weighted by Gasteiger charge is 2.46. The highest BCUT2D eigenvalue weighted by atomic mass is 19.1.